The predicted molar refractivity (Wildman–Crippen MR) is 113 cm³/mol. The molecule has 4 rings (SSSR count). The zero-order valence-electron chi connectivity index (χ0n) is 17.5. The van der Waals surface area contributed by atoms with E-state index < -0.39 is 0 Å². The van der Waals surface area contributed by atoms with E-state index in [2.05, 4.69) is 15.1 Å². The normalized spacial score (nSPS) is 16.4. The lowest BCUT2D eigenvalue weighted by Gasteiger charge is -2.35. The van der Waals surface area contributed by atoms with Gasteiger partial charge in [-0.05, 0) is 23.8 Å². The first kappa shape index (κ1) is 20.0. The van der Waals surface area contributed by atoms with Crippen molar-refractivity contribution in [3.05, 3.63) is 42.1 Å². The van der Waals surface area contributed by atoms with Crippen LogP contribution in [0.1, 0.15) is 11.7 Å². The van der Waals surface area contributed by atoms with Gasteiger partial charge in [-0.2, -0.15) is 10.2 Å². The van der Waals surface area contributed by atoms with E-state index in [4.69, 9.17) is 23.7 Å². The molecule has 1 aliphatic heterocycles. The Morgan fingerprint density at radius 3 is 2.33 bits per heavy atom. The number of aromatic nitrogens is 2. The molecule has 0 bridgehead atoms. The lowest BCUT2D eigenvalue weighted by Crippen LogP contribution is -2.38. The number of hydrogen-bond donors (Lipinski definition) is 0. The zero-order chi connectivity index (χ0) is 21.1. The fourth-order valence-electron chi connectivity index (χ4n) is 3.75. The fraction of sp³-hybridized carbons (Fsp3) is 0.364. The number of benzene rings is 2. The summed E-state index contributed by atoms with van der Waals surface area (Å²) in [6.07, 6.45) is 1.67. The first-order valence-corrected chi connectivity index (χ1v) is 9.64. The van der Waals surface area contributed by atoms with Gasteiger partial charge in [0.1, 0.15) is 6.10 Å². The largest absolute Gasteiger partial charge is 0.493 e. The number of hydrogen-bond acceptors (Lipinski definition) is 8. The Morgan fingerprint density at radius 1 is 0.900 bits per heavy atom. The lowest BCUT2D eigenvalue weighted by atomic mass is 10.1. The molecule has 1 saturated heterocycles. The number of rotatable bonds is 6. The minimum Gasteiger partial charge on any atom is -0.493 e. The molecule has 1 atom stereocenters. The Bertz CT molecular complexity index is 1040. The Hall–Kier alpha value is -3.26. The summed E-state index contributed by atoms with van der Waals surface area (Å²) >= 11 is 0. The van der Waals surface area contributed by atoms with Crippen molar-refractivity contribution >= 4 is 16.6 Å². The van der Waals surface area contributed by atoms with Crippen LogP contribution in [0.4, 0.5) is 5.69 Å². The standard InChI is InChI=1S/C22H25N3O5/c1-26-18-6-5-14(9-19(18)27-2)22-13-25(7-8-30-22)17-12-23-24-16-11-21(29-4)20(28-3)10-15(16)17/h5-6,9-12,22H,7-8,13H2,1-4H3. The van der Waals surface area contributed by atoms with Gasteiger partial charge in [-0.15, -0.1) is 0 Å². The van der Waals surface area contributed by atoms with E-state index in [9.17, 15) is 0 Å². The maximum absolute atomic E-state index is 6.06. The lowest BCUT2D eigenvalue weighted by molar-refractivity contribution is 0.0397. The van der Waals surface area contributed by atoms with Crippen LogP contribution in [0, 0.1) is 0 Å². The molecular formula is C22H25N3O5. The van der Waals surface area contributed by atoms with E-state index in [0.29, 0.717) is 36.1 Å². The van der Waals surface area contributed by atoms with Gasteiger partial charge in [-0.3, -0.25) is 0 Å². The average molecular weight is 411 g/mol. The Labute approximate surface area is 175 Å². The van der Waals surface area contributed by atoms with Crippen LogP contribution in [0.5, 0.6) is 23.0 Å². The number of ether oxygens (including phenoxy) is 5. The third-order valence-electron chi connectivity index (χ3n) is 5.31. The van der Waals surface area contributed by atoms with E-state index in [1.165, 1.54) is 0 Å². The van der Waals surface area contributed by atoms with Gasteiger partial charge in [-0.25, -0.2) is 0 Å². The molecule has 1 aromatic heterocycles. The van der Waals surface area contributed by atoms with Crippen LogP contribution in [0.15, 0.2) is 36.5 Å². The molecule has 158 valence electrons. The minimum atomic E-state index is -0.109. The molecule has 0 aliphatic carbocycles. The highest BCUT2D eigenvalue weighted by Crippen LogP contribution is 2.37. The molecule has 0 amide bonds. The van der Waals surface area contributed by atoms with Crippen molar-refractivity contribution in [2.45, 2.75) is 6.10 Å². The molecule has 2 heterocycles. The smallest absolute Gasteiger partial charge is 0.162 e. The van der Waals surface area contributed by atoms with Gasteiger partial charge in [0, 0.05) is 24.5 Å². The maximum Gasteiger partial charge on any atom is 0.162 e. The summed E-state index contributed by atoms with van der Waals surface area (Å²) < 4.78 is 27.7. The Morgan fingerprint density at radius 2 is 1.60 bits per heavy atom. The van der Waals surface area contributed by atoms with Crippen molar-refractivity contribution in [1.29, 1.82) is 0 Å². The van der Waals surface area contributed by atoms with Crippen molar-refractivity contribution in [1.82, 2.24) is 10.2 Å². The van der Waals surface area contributed by atoms with Crippen LogP contribution in [-0.2, 0) is 4.74 Å². The van der Waals surface area contributed by atoms with Gasteiger partial charge < -0.3 is 28.6 Å². The van der Waals surface area contributed by atoms with E-state index >= 15 is 0 Å². The number of methoxy groups -OCH3 is 4. The minimum absolute atomic E-state index is 0.109. The van der Waals surface area contributed by atoms with E-state index in [-0.39, 0.29) is 6.10 Å². The molecule has 1 fully saturated rings. The van der Waals surface area contributed by atoms with Crippen molar-refractivity contribution in [2.24, 2.45) is 0 Å². The van der Waals surface area contributed by atoms with Gasteiger partial charge in [0.15, 0.2) is 23.0 Å². The third kappa shape index (κ3) is 3.66. The first-order valence-electron chi connectivity index (χ1n) is 9.64. The molecule has 1 aliphatic rings. The summed E-state index contributed by atoms with van der Waals surface area (Å²) in [5.74, 6) is 2.66. The molecule has 3 aromatic rings. The van der Waals surface area contributed by atoms with Crippen LogP contribution < -0.4 is 23.8 Å². The van der Waals surface area contributed by atoms with Gasteiger partial charge in [0.25, 0.3) is 0 Å². The molecule has 1 unspecified atom stereocenters. The van der Waals surface area contributed by atoms with Crippen molar-refractivity contribution < 1.29 is 23.7 Å². The van der Waals surface area contributed by atoms with Crippen LogP contribution in [0.25, 0.3) is 10.9 Å². The van der Waals surface area contributed by atoms with Crippen LogP contribution in [0.2, 0.25) is 0 Å². The highest BCUT2D eigenvalue weighted by Gasteiger charge is 2.25. The second kappa shape index (κ2) is 8.62. The molecule has 2 aromatic carbocycles. The van der Waals surface area contributed by atoms with E-state index in [0.717, 1.165) is 28.7 Å². The van der Waals surface area contributed by atoms with E-state index in [1.807, 2.05) is 30.3 Å². The molecule has 0 saturated carbocycles. The van der Waals surface area contributed by atoms with Crippen molar-refractivity contribution in [3.63, 3.8) is 0 Å². The monoisotopic (exact) mass is 411 g/mol. The van der Waals surface area contributed by atoms with Gasteiger partial charge in [0.05, 0.1) is 52.4 Å². The summed E-state index contributed by atoms with van der Waals surface area (Å²) in [6, 6.07) is 9.66. The molecule has 8 nitrogen and oxygen atoms in total. The molecule has 0 radical (unpaired) electrons. The van der Waals surface area contributed by atoms with Gasteiger partial charge in [-0.1, -0.05) is 6.07 Å². The van der Waals surface area contributed by atoms with Crippen LogP contribution in [-0.4, -0.2) is 58.3 Å². The summed E-state index contributed by atoms with van der Waals surface area (Å²) in [4.78, 5) is 2.26. The SMILES string of the molecule is COc1ccc(C2CN(c3cnnc4cc(OC)c(OC)cc34)CCO2)cc1OC. The fourth-order valence-corrected chi connectivity index (χ4v) is 3.75. The third-order valence-corrected chi connectivity index (χ3v) is 5.31. The number of nitrogens with zero attached hydrogens (tertiary/aromatic N) is 3. The summed E-state index contributed by atoms with van der Waals surface area (Å²) in [5.41, 5.74) is 2.76. The topological polar surface area (TPSA) is 75.2 Å². The Balaban J connectivity index is 1.67. The first-order chi connectivity index (χ1) is 14.7. The predicted octanol–water partition coefficient (Wildman–Crippen LogP) is 3.24. The van der Waals surface area contributed by atoms with Crippen molar-refractivity contribution in [2.75, 3.05) is 53.0 Å². The quantitative estimate of drug-likeness (QED) is 0.612. The summed E-state index contributed by atoms with van der Waals surface area (Å²) in [6.45, 7) is 2.01. The molecule has 8 heteroatoms. The Kier molecular flexibility index (Phi) is 5.76. The van der Waals surface area contributed by atoms with E-state index in [1.54, 1.807) is 34.6 Å². The number of anilines is 1. The molecular weight excluding hydrogens is 386 g/mol. The molecule has 30 heavy (non-hydrogen) atoms. The molecule has 0 spiro atoms. The highest BCUT2D eigenvalue weighted by atomic mass is 16.5. The number of morpholine rings is 1. The van der Waals surface area contributed by atoms with Crippen molar-refractivity contribution in [3.8, 4) is 23.0 Å². The average Bonchev–Trinajstić information content (AvgIpc) is 2.82. The number of fused-ring (bicyclic) bond motifs is 1. The van der Waals surface area contributed by atoms with Gasteiger partial charge >= 0.3 is 0 Å². The molecule has 0 N–H and O–H groups in total. The van der Waals surface area contributed by atoms with Crippen LogP contribution in [0.3, 0.4) is 0 Å². The summed E-state index contributed by atoms with van der Waals surface area (Å²) in [5, 5.41) is 9.42. The highest BCUT2D eigenvalue weighted by molar-refractivity contribution is 5.93. The second-order valence-electron chi connectivity index (χ2n) is 6.87. The maximum atomic E-state index is 6.06. The second-order valence-corrected chi connectivity index (χ2v) is 6.87. The summed E-state index contributed by atoms with van der Waals surface area (Å²) in [7, 11) is 6.49. The van der Waals surface area contributed by atoms with Crippen LogP contribution >= 0.6 is 0 Å². The zero-order valence-corrected chi connectivity index (χ0v) is 17.5. The van der Waals surface area contributed by atoms with Gasteiger partial charge in [0.2, 0.25) is 0 Å².